The summed E-state index contributed by atoms with van der Waals surface area (Å²) in [6, 6.07) is 0.911. The minimum Gasteiger partial charge on any atom is -0.344 e. The lowest BCUT2D eigenvalue weighted by molar-refractivity contribution is 0.248. The maximum atomic E-state index is 4.70. The van der Waals surface area contributed by atoms with Gasteiger partial charge in [-0.15, -0.1) is 0 Å². The highest BCUT2D eigenvalue weighted by Crippen LogP contribution is 2.39. The summed E-state index contributed by atoms with van der Waals surface area (Å²) in [4.78, 5) is 9.75. The molecule has 3 fully saturated rings. The Kier molecular flexibility index (Phi) is 2.36. The lowest BCUT2D eigenvalue weighted by Crippen LogP contribution is -2.47. The molecule has 0 aromatic carbocycles. The number of rotatable bonds is 3. The van der Waals surface area contributed by atoms with Crippen molar-refractivity contribution in [3.63, 3.8) is 0 Å². The van der Waals surface area contributed by atoms with E-state index in [0.717, 1.165) is 30.1 Å². The predicted octanol–water partition coefficient (Wildman–Crippen LogP) is 1.70. The molecule has 2 aliphatic carbocycles. The van der Waals surface area contributed by atoms with Crippen molar-refractivity contribution in [2.75, 3.05) is 31.1 Å². The first-order valence-electron chi connectivity index (χ1n) is 6.73. The van der Waals surface area contributed by atoms with Gasteiger partial charge in [-0.05, 0) is 25.7 Å². The van der Waals surface area contributed by atoms with Crippen molar-refractivity contribution in [3.05, 3.63) is 5.82 Å². The Labute approximate surface area is 106 Å². The standard InChI is InChI=1S/C12H18N4S/c1-2-9(1)11-13-12(17-14-11)16-7-5-15(6-8-16)10-3-4-10/h9-10H,1-8H2. The molecular formula is C12H18N4S. The third kappa shape index (κ3) is 2.06. The first-order chi connectivity index (χ1) is 8.40. The molecule has 17 heavy (non-hydrogen) atoms. The molecule has 92 valence electrons. The molecule has 0 unspecified atom stereocenters. The van der Waals surface area contributed by atoms with Crippen LogP contribution in [0.15, 0.2) is 0 Å². The Bertz CT molecular complexity index is 402. The highest BCUT2D eigenvalue weighted by molar-refractivity contribution is 7.09. The number of aromatic nitrogens is 2. The van der Waals surface area contributed by atoms with Crippen LogP contribution < -0.4 is 4.90 Å². The van der Waals surface area contributed by atoms with Crippen LogP contribution in [-0.4, -0.2) is 46.5 Å². The Balaban J connectivity index is 1.40. The number of nitrogens with zero attached hydrogens (tertiary/aromatic N) is 4. The van der Waals surface area contributed by atoms with E-state index >= 15 is 0 Å². The zero-order valence-electron chi connectivity index (χ0n) is 10.0. The van der Waals surface area contributed by atoms with E-state index < -0.39 is 0 Å². The average Bonchev–Trinajstić information content (AvgIpc) is 3.28. The maximum Gasteiger partial charge on any atom is 0.205 e. The van der Waals surface area contributed by atoms with Crippen LogP contribution in [-0.2, 0) is 0 Å². The molecule has 0 amide bonds. The summed E-state index contributed by atoms with van der Waals surface area (Å²) in [5, 5.41) is 1.15. The van der Waals surface area contributed by atoms with Gasteiger partial charge in [0, 0.05) is 49.7 Å². The van der Waals surface area contributed by atoms with Crippen LogP contribution in [0.25, 0.3) is 0 Å². The monoisotopic (exact) mass is 250 g/mol. The summed E-state index contributed by atoms with van der Waals surface area (Å²) in [6.45, 7) is 4.69. The first kappa shape index (κ1) is 10.3. The molecule has 0 atom stereocenters. The van der Waals surface area contributed by atoms with Gasteiger partial charge in [-0.3, -0.25) is 4.90 Å². The third-order valence-electron chi connectivity index (χ3n) is 4.02. The molecule has 2 heterocycles. The molecule has 4 nitrogen and oxygen atoms in total. The Morgan fingerprint density at radius 3 is 2.41 bits per heavy atom. The van der Waals surface area contributed by atoms with E-state index in [9.17, 15) is 0 Å². The first-order valence-corrected chi connectivity index (χ1v) is 7.50. The number of piperazine rings is 1. The molecule has 1 aliphatic heterocycles. The highest BCUT2D eigenvalue weighted by atomic mass is 32.1. The molecule has 0 N–H and O–H groups in total. The maximum absolute atomic E-state index is 4.70. The second-order valence-electron chi connectivity index (χ2n) is 5.46. The summed E-state index contributed by atoms with van der Waals surface area (Å²) in [5.74, 6) is 1.79. The van der Waals surface area contributed by atoms with E-state index in [-0.39, 0.29) is 0 Å². The third-order valence-corrected chi connectivity index (χ3v) is 4.81. The fourth-order valence-corrected chi connectivity index (χ4v) is 3.38. The van der Waals surface area contributed by atoms with Crippen LogP contribution >= 0.6 is 11.5 Å². The Morgan fingerprint density at radius 1 is 1.00 bits per heavy atom. The molecule has 0 bridgehead atoms. The molecule has 1 aromatic rings. The van der Waals surface area contributed by atoms with E-state index in [2.05, 4.69) is 14.2 Å². The summed E-state index contributed by atoms with van der Waals surface area (Å²) in [5.41, 5.74) is 0. The van der Waals surface area contributed by atoms with Gasteiger partial charge in [0.15, 0.2) is 0 Å². The van der Waals surface area contributed by atoms with Crippen molar-refractivity contribution in [2.24, 2.45) is 0 Å². The van der Waals surface area contributed by atoms with Gasteiger partial charge in [-0.2, -0.15) is 4.37 Å². The quantitative estimate of drug-likeness (QED) is 0.817. The van der Waals surface area contributed by atoms with Crippen LogP contribution in [0.1, 0.15) is 37.4 Å². The second-order valence-corrected chi connectivity index (χ2v) is 6.19. The summed E-state index contributed by atoms with van der Waals surface area (Å²) in [7, 11) is 0. The van der Waals surface area contributed by atoms with E-state index in [1.165, 1.54) is 38.8 Å². The zero-order valence-corrected chi connectivity index (χ0v) is 10.8. The van der Waals surface area contributed by atoms with E-state index in [1.807, 2.05) is 0 Å². The topological polar surface area (TPSA) is 32.3 Å². The predicted molar refractivity (Wildman–Crippen MR) is 68.7 cm³/mol. The second kappa shape index (κ2) is 3.92. The average molecular weight is 250 g/mol. The molecule has 0 spiro atoms. The molecule has 3 aliphatic rings. The van der Waals surface area contributed by atoms with Gasteiger partial charge < -0.3 is 4.90 Å². The van der Waals surface area contributed by atoms with Crippen molar-refractivity contribution in [3.8, 4) is 0 Å². The van der Waals surface area contributed by atoms with Gasteiger partial charge in [-0.1, -0.05) is 0 Å². The van der Waals surface area contributed by atoms with Crippen LogP contribution in [0, 0.1) is 0 Å². The number of hydrogen-bond acceptors (Lipinski definition) is 5. The molecule has 1 saturated heterocycles. The summed E-state index contributed by atoms with van der Waals surface area (Å²) < 4.78 is 4.50. The minimum atomic E-state index is 0.688. The molecule has 0 radical (unpaired) electrons. The SMILES string of the molecule is C1CC1c1nsc(N2CCN(C3CC3)CC2)n1. The fourth-order valence-electron chi connectivity index (χ4n) is 2.58. The number of anilines is 1. The van der Waals surface area contributed by atoms with E-state index in [4.69, 9.17) is 4.98 Å². The highest BCUT2D eigenvalue weighted by Gasteiger charge is 2.33. The lowest BCUT2D eigenvalue weighted by Gasteiger charge is -2.34. The van der Waals surface area contributed by atoms with Crippen molar-refractivity contribution in [1.29, 1.82) is 0 Å². The van der Waals surface area contributed by atoms with Crippen LogP contribution in [0.5, 0.6) is 0 Å². The van der Waals surface area contributed by atoms with Crippen molar-refractivity contribution < 1.29 is 0 Å². The van der Waals surface area contributed by atoms with Crippen LogP contribution in [0.2, 0.25) is 0 Å². The molecule has 4 rings (SSSR count). The fraction of sp³-hybridized carbons (Fsp3) is 0.833. The van der Waals surface area contributed by atoms with Gasteiger partial charge in [0.1, 0.15) is 5.82 Å². The van der Waals surface area contributed by atoms with Gasteiger partial charge in [0.05, 0.1) is 0 Å². The van der Waals surface area contributed by atoms with Crippen LogP contribution in [0.3, 0.4) is 0 Å². The molecular weight excluding hydrogens is 232 g/mol. The van der Waals surface area contributed by atoms with Gasteiger partial charge in [0.2, 0.25) is 5.13 Å². The lowest BCUT2D eigenvalue weighted by atomic mass is 10.3. The normalized spacial score (nSPS) is 26.5. The zero-order chi connectivity index (χ0) is 11.2. The summed E-state index contributed by atoms with van der Waals surface area (Å²) in [6.07, 6.45) is 5.44. The Hall–Kier alpha value is -0.680. The van der Waals surface area contributed by atoms with E-state index in [0.29, 0.717) is 5.92 Å². The van der Waals surface area contributed by atoms with Crippen molar-refractivity contribution >= 4 is 16.7 Å². The minimum absolute atomic E-state index is 0.688. The molecule has 2 saturated carbocycles. The van der Waals surface area contributed by atoms with Gasteiger partial charge in [-0.25, -0.2) is 4.98 Å². The summed E-state index contributed by atoms with van der Waals surface area (Å²) >= 11 is 1.60. The largest absolute Gasteiger partial charge is 0.344 e. The van der Waals surface area contributed by atoms with Crippen molar-refractivity contribution in [2.45, 2.75) is 37.6 Å². The molecule has 5 heteroatoms. The Morgan fingerprint density at radius 2 is 1.76 bits per heavy atom. The number of hydrogen-bond donors (Lipinski definition) is 0. The van der Waals surface area contributed by atoms with Crippen LogP contribution in [0.4, 0.5) is 5.13 Å². The van der Waals surface area contributed by atoms with Gasteiger partial charge >= 0.3 is 0 Å². The smallest absolute Gasteiger partial charge is 0.205 e. The van der Waals surface area contributed by atoms with E-state index in [1.54, 1.807) is 11.5 Å². The van der Waals surface area contributed by atoms with Gasteiger partial charge in [0.25, 0.3) is 0 Å². The van der Waals surface area contributed by atoms with Crippen molar-refractivity contribution in [1.82, 2.24) is 14.3 Å². The molecule has 1 aromatic heterocycles.